The first kappa shape index (κ1) is 32.3. The topological polar surface area (TPSA) is 141 Å². The Balaban J connectivity index is 1.81. The molecular formula is C30H42N4O6S. The maximum absolute atomic E-state index is 14.1. The smallest absolute Gasteiger partial charge is 0.245 e. The molecule has 0 fully saturated rings. The van der Waals surface area contributed by atoms with Crippen LogP contribution in [-0.4, -0.2) is 68.6 Å². The molecular weight excluding hydrogens is 544 g/mol. The number of furan rings is 1. The van der Waals surface area contributed by atoms with Gasteiger partial charge in [0.05, 0.1) is 17.7 Å². The third-order valence-electron chi connectivity index (χ3n) is 6.70. The maximum Gasteiger partial charge on any atom is 0.245 e. The second-order valence-corrected chi connectivity index (χ2v) is 12.8. The van der Waals surface area contributed by atoms with Crippen LogP contribution in [0.15, 0.2) is 70.2 Å². The number of likely N-dealkylation sites (N-methyl/N-ethyl adjacent to an activating group) is 1. The van der Waals surface area contributed by atoms with Gasteiger partial charge in [0.1, 0.15) is 11.3 Å². The summed E-state index contributed by atoms with van der Waals surface area (Å²) in [6.07, 6.45) is 1.69. The quantitative estimate of drug-likeness (QED) is 0.189. The lowest BCUT2D eigenvalue weighted by Gasteiger charge is -2.40. The number of amides is 2. The Morgan fingerprint density at radius 3 is 2.44 bits per heavy atom. The standard InChI is InChI=1S/C30H42N4O6S/c1-22(2)21-34(41(38,39)26-10-11-27-25(17-26)12-15-40-27)30(37,18-24-8-6-5-7-9-24)13-14-32-28(35)16-23(3)19-33-29(36)20-31-4/h5-12,15,17,22-23,31,37H,13-14,16,18-21H2,1-4H3,(H,32,35)(H,33,36). The minimum absolute atomic E-state index is 0.0270. The number of aliphatic hydroxyl groups is 1. The first-order valence-electron chi connectivity index (χ1n) is 13.9. The van der Waals surface area contributed by atoms with Crippen molar-refractivity contribution in [3.8, 4) is 0 Å². The highest BCUT2D eigenvalue weighted by Crippen LogP contribution is 2.31. The molecule has 0 aliphatic rings. The van der Waals surface area contributed by atoms with Gasteiger partial charge >= 0.3 is 0 Å². The minimum atomic E-state index is -4.15. The second kappa shape index (κ2) is 14.6. The summed E-state index contributed by atoms with van der Waals surface area (Å²) in [7, 11) is -2.47. The number of nitrogens with one attached hydrogen (secondary N) is 3. The average Bonchev–Trinajstić information content (AvgIpc) is 3.39. The fourth-order valence-corrected chi connectivity index (χ4v) is 6.52. The summed E-state index contributed by atoms with van der Waals surface area (Å²) in [5, 5.41) is 21.2. The molecule has 0 saturated carbocycles. The number of rotatable bonds is 16. The van der Waals surface area contributed by atoms with Crippen molar-refractivity contribution in [1.29, 1.82) is 0 Å². The molecule has 2 aromatic carbocycles. The number of carbonyl (C=O) groups excluding carboxylic acids is 2. The number of hydrogen-bond acceptors (Lipinski definition) is 7. The van der Waals surface area contributed by atoms with E-state index in [0.29, 0.717) is 17.5 Å². The molecule has 0 aliphatic carbocycles. The van der Waals surface area contributed by atoms with Crippen LogP contribution >= 0.6 is 0 Å². The normalized spacial score (nSPS) is 14.2. The zero-order chi connectivity index (χ0) is 30.0. The van der Waals surface area contributed by atoms with Gasteiger partial charge in [-0.2, -0.15) is 4.31 Å². The van der Waals surface area contributed by atoms with Crippen LogP contribution in [0.5, 0.6) is 0 Å². The van der Waals surface area contributed by atoms with Crippen LogP contribution in [-0.2, 0) is 26.0 Å². The van der Waals surface area contributed by atoms with Gasteiger partial charge in [-0.3, -0.25) is 9.59 Å². The van der Waals surface area contributed by atoms with Crippen molar-refractivity contribution in [2.24, 2.45) is 11.8 Å². The van der Waals surface area contributed by atoms with Gasteiger partial charge in [-0.05, 0) is 48.7 Å². The zero-order valence-corrected chi connectivity index (χ0v) is 25.0. The molecule has 2 unspecified atom stereocenters. The van der Waals surface area contributed by atoms with Crippen molar-refractivity contribution < 1.29 is 27.5 Å². The molecule has 1 heterocycles. The summed E-state index contributed by atoms with van der Waals surface area (Å²) in [5.74, 6) is -0.580. The minimum Gasteiger partial charge on any atom is -0.464 e. The molecule has 224 valence electrons. The molecule has 11 heteroatoms. The average molecular weight is 587 g/mol. The van der Waals surface area contributed by atoms with E-state index in [4.69, 9.17) is 4.42 Å². The largest absolute Gasteiger partial charge is 0.464 e. The number of nitrogens with zero attached hydrogens (tertiary/aromatic N) is 1. The predicted octanol–water partition coefficient (Wildman–Crippen LogP) is 2.88. The zero-order valence-electron chi connectivity index (χ0n) is 24.2. The van der Waals surface area contributed by atoms with Crippen LogP contribution in [0.25, 0.3) is 11.0 Å². The molecule has 4 N–H and O–H groups in total. The van der Waals surface area contributed by atoms with E-state index in [1.165, 1.54) is 16.6 Å². The Morgan fingerprint density at radius 2 is 1.76 bits per heavy atom. The Labute approximate surface area is 242 Å². The van der Waals surface area contributed by atoms with E-state index < -0.39 is 15.7 Å². The van der Waals surface area contributed by atoms with Crippen molar-refractivity contribution in [3.63, 3.8) is 0 Å². The van der Waals surface area contributed by atoms with Crippen molar-refractivity contribution in [1.82, 2.24) is 20.3 Å². The van der Waals surface area contributed by atoms with Gasteiger partial charge in [0.2, 0.25) is 21.8 Å². The fraction of sp³-hybridized carbons (Fsp3) is 0.467. The first-order valence-corrected chi connectivity index (χ1v) is 15.3. The van der Waals surface area contributed by atoms with E-state index in [1.54, 1.807) is 25.2 Å². The highest BCUT2D eigenvalue weighted by Gasteiger charge is 2.43. The van der Waals surface area contributed by atoms with Crippen LogP contribution in [0, 0.1) is 11.8 Å². The molecule has 10 nitrogen and oxygen atoms in total. The van der Waals surface area contributed by atoms with Crippen LogP contribution in [0.3, 0.4) is 0 Å². The Hall–Kier alpha value is -3.25. The molecule has 3 aromatic rings. The Bertz CT molecular complexity index is 1390. The number of carbonyl (C=O) groups is 2. The molecule has 0 saturated heterocycles. The summed E-state index contributed by atoms with van der Waals surface area (Å²) >= 11 is 0. The number of sulfonamides is 1. The van der Waals surface area contributed by atoms with E-state index in [1.807, 2.05) is 51.1 Å². The number of benzene rings is 2. The van der Waals surface area contributed by atoms with Crippen molar-refractivity contribution in [2.45, 2.75) is 50.7 Å². The highest BCUT2D eigenvalue weighted by molar-refractivity contribution is 7.89. The van der Waals surface area contributed by atoms with Crippen LogP contribution < -0.4 is 16.0 Å². The van der Waals surface area contributed by atoms with Gasteiger partial charge in [0.15, 0.2) is 0 Å². The molecule has 41 heavy (non-hydrogen) atoms. The lowest BCUT2D eigenvalue weighted by molar-refractivity contribution is -0.124. The van der Waals surface area contributed by atoms with Gasteiger partial charge in [0, 0.05) is 44.3 Å². The first-order chi connectivity index (χ1) is 19.4. The van der Waals surface area contributed by atoms with Gasteiger partial charge < -0.3 is 25.5 Å². The van der Waals surface area contributed by atoms with Crippen molar-refractivity contribution in [3.05, 3.63) is 66.4 Å². The summed E-state index contributed by atoms with van der Waals surface area (Å²) in [6.45, 7) is 6.33. The van der Waals surface area contributed by atoms with Crippen LogP contribution in [0.4, 0.5) is 0 Å². The molecule has 2 atom stereocenters. The molecule has 0 radical (unpaired) electrons. The van der Waals surface area contributed by atoms with Crippen molar-refractivity contribution >= 4 is 32.8 Å². The third-order valence-corrected chi connectivity index (χ3v) is 8.62. The predicted molar refractivity (Wildman–Crippen MR) is 158 cm³/mol. The summed E-state index contributed by atoms with van der Waals surface area (Å²) < 4.78 is 34.7. The van der Waals surface area contributed by atoms with Gasteiger partial charge in [-0.15, -0.1) is 0 Å². The monoisotopic (exact) mass is 586 g/mol. The summed E-state index contributed by atoms with van der Waals surface area (Å²) in [5.41, 5.74) is -0.491. The van der Waals surface area contributed by atoms with Crippen LogP contribution in [0.1, 0.15) is 39.2 Å². The fourth-order valence-electron chi connectivity index (χ4n) is 4.65. The Kier molecular flexibility index (Phi) is 11.5. The van der Waals surface area contributed by atoms with E-state index >= 15 is 0 Å². The highest BCUT2D eigenvalue weighted by atomic mass is 32.2. The molecule has 1 aromatic heterocycles. The Morgan fingerprint density at radius 1 is 1.02 bits per heavy atom. The van der Waals surface area contributed by atoms with Crippen molar-refractivity contribution in [2.75, 3.05) is 33.2 Å². The summed E-state index contributed by atoms with van der Waals surface area (Å²) in [4.78, 5) is 24.4. The maximum atomic E-state index is 14.1. The van der Waals surface area contributed by atoms with E-state index in [0.717, 1.165) is 5.56 Å². The SMILES string of the molecule is CNCC(=O)NCC(C)CC(=O)NCCC(O)(Cc1ccccc1)N(CC(C)C)S(=O)(=O)c1ccc2occc2c1. The molecule has 2 amide bonds. The molecule has 0 bridgehead atoms. The van der Waals surface area contributed by atoms with E-state index in [2.05, 4.69) is 16.0 Å². The van der Waals surface area contributed by atoms with E-state index in [-0.39, 0.29) is 67.4 Å². The molecule has 0 spiro atoms. The number of fused-ring (bicyclic) bond motifs is 1. The lowest BCUT2D eigenvalue weighted by Crippen LogP contribution is -2.55. The van der Waals surface area contributed by atoms with Crippen LogP contribution in [0.2, 0.25) is 0 Å². The van der Waals surface area contributed by atoms with E-state index in [9.17, 15) is 23.1 Å². The molecule has 0 aliphatic heterocycles. The lowest BCUT2D eigenvalue weighted by atomic mass is 9.98. The molecule has 3 rings (SSSR count). The second-order valence-electron chi connectivity index (χ2n) is 10.9. The summed E-state index contributed by atoms with van der Waals surface area (Å²) in [6, 6.07) is 15.5. The third kappa shape index (κ3) is 9.12. The van der Waals surface area contributed by atoms with Gasteiger partial charge in [-0.25, -0.2) is 8.42 Å². The number of hydrogen-bond donors (Lipinski definition) is 4. The van der Waals surface area contributed by atoms with Gasteiger partial charge in [-0.1, -0.05) is 51.1 Å². The van der Waals surface area contributed by atoms with Gasteiger partial charge in [0.25, 0.3) is 0 Å².